The predicted molar refractivity (Wildman–Crippen MR) is 97.7 cm³/mol. The largest absolute Gasteiger partial charge is 0.389 e. The summed E-state index contributed by atoms with van der Waals surface area (Å²) < 4.78 is 0. The van der Waals surface area contributed by atoms with Crippen molar-refractivity contribution in [2.45, 2.75) is 110 Å². The van der Waals surface area contributed by atoms with Gasteiger partial charge in [0.2, 0.25) is 0 Å². The van der Waals surface area contributed by atoms with Crippen LogP contribution in [-0.4, -0.2) is 6.54 Å². The van der Waals surface area contributed by atoms with Crippen LogP contribution in [-0.2, 0) is 0 Å². The van der Waals surface area contributed by atoms with Gasteiger partial charge < -0.3 is 5.32 Å². The summed E-state index contributed by atoms with van der Waals surface area (Å²) in [5.41, 5.74) is 1.18. The molecule has 0 aliphatic heterocycles. The third-order valence-corrected chi connectivity index (χ3v) is 4.33. The van der Waals surface area contributed by atoms with E-state index in [0.29, 0.717) is 0 Å². The van der Waals surface area contributed by atoms with Crippen molar-refractivity contribution in [1.82, 2.24) is 5.32 Å². The predicted octanol–water partition coefficient (Wildman–Crippen LogP) is 6.98. The molecule has 0 atom stereocenters. The summed E-state index contributed by atoms with van der Waals surface area (Å²) in [7, 11) is 0. The number of hydrogen-bond acceptors (Lipinski definition) is 1. The molecule has 0 aromatic heterocycles. The summed E-state index contributed by atoms with van der Waals surface area (Å²) in [6, 6.07) is 0. The van der Waals surface area contributed by atoms with Gasteiger partial charge in [-0.2, -0.15) is 0 Å². The minimum absolute atomic E-state index is 1.05. The lowest BCUT2D eigenvalue weighted by atomic mass is 10.0. The van der Waals surface area contributed by atoms with E-state index in [1.165, 1.54) is 95.6 Å². The van der Waals surface area contributed by atoms with Crippen molar-refractivity contribution in [3.05, 3.63) is 12.3 Å². The molecule has 0 saturated heterocycles. The highest BCUT2D eigenvalue weighted by Crippen LogP contribution is 2.12. The zero-order chi connectivity index (χ0) is 15.6. The lowest BCUT2D eigenvalue weighted by Crippen LogP contribution is -2.12. The molecule has 0 spiro atoms. The Bertz CT molecular complexity index is 210. The molecule has 0 aliphatic carbocycles. The van der Waals surface area contributed by atoms with Crippen molar-refractivity contribution >= 4 is 0 Å². The van der Waals surface area contributed by atoms with Crippen molar-refractivity contribution in [2.75, 3.05) is 6.54 Å². The van der Waals surface area contributed by atoms with Crippen LogP contribution in [0.5, 0.6) is 0 Å². The van der Waals surface area contributed by atoms with E-state index in [4.69, 9.17) is 0 Å². The van der Waals surface area contributed by atoms with Gasteiger partial charge in [0.05, 0.1) is 0 Å². The normalized spacial score (nSPS) is 10.8. The minimum Gasteiger partial charge on any atom is -0.389 e. The molecule has 0 aromatic carbocycles. The lowest BCUT2D eigenvalue weighted by molar-refractivity contribution is 0.533. The molecule has 0 fully saturated rings. The fourth-order valence-electron chi connectivity index (χ4n) is 2.71. The Hall–Kier alpha value is -0.460. The highest BCUT2D eigenvalue weighted by atomic mass is 14.9. The Morgan fingerprint density at radius 2 is 1.00 bits per heavy atom. The second-order valence-electron chi connectivity index (χ2n) is 6.48. The van der Waals surface area contributed by atoms with Crippen molar-refractivity contribution in [1.29, 1.82) is 0 Å². The van der Waals surface area contributed by atoms with Gasteiger partial charge in [-0.25, -0.2) is 0 Å². The molecule has 0 bridgehead atoms. The SMILES string of the molecule is C=C(CC)NCCCCCCCCCCCCCCCC. The zero-order valence-electron chi connectivity index (χ0n) is 15.0. The van der Waals surface area contributed by atoms with E-state index in [1.54, 1.807) is 0 Å². The van der Waals surface area contributed by atoms with Crippen LogP contribution >= 0.6 is 0 Å². The van der Waals surface area contributed by atoms with E-state index >= 15 is 0 Å². The number of hydrogen-bond donors (Lipinski definition) is 1. The van der Waals surface area contributed by atoms with Crippen LogP contribution in [0.25, 0.3) is 0 Å². The highest BCUT2D eigenvalue weighted by molar-refractivity contribution is 4.88. The van der Waals surface area contributed by atoms with Gasteiger partial charge in [0.1, 0.15) is 0 Å². The molecule has 0 radical (unpaired) electrons. The van der Waals surface area contributed by atoms with E-state index in [0.717, 1.165) is 13.0 Å². The maximum Gasteiger partial charge on any atom is 0.0143 e. The first-order chi connectivity index (χ1) is 10.3. The van der Waals surface area contributed by atoms with Crippen LogP contribution < -0.4 is 5.32 Å². The smallest absolute Gasteiger partial charge is 0.0143 e. The number of nitrogens with one attached hydrogen (secondary N) is 1. The van der Waals surface area contributed by atoms with E-state index in [9.17, 15) is 0 Å². The topological polar surface area (TPSA) is 12.0 Å². The molecule has 1 heteroatoms. The lowest BCUT2D eigenvalue weighted by Gasteiger charge is -2.07. The van der Waals surface area contributed by atoms with Crippen LogP contribution in [0.3, 0.4) is 0 Å². The zero-order valence-corrected chi connectivity index (χ0v) is 15.0. The van der Waals surface area contributed by atoms with Crippen LogP contribution in [0.4, 0.5) is 0 Å². The van der Waals surface area contributed by atoms with E-state index in [1.807, 2.05) is 0 Å². The number of unbranched alkanes of at least 4 members (excludes halogenated alkanes) is 13. The van der Waals surface area contributed by atoms with Crippen LogP contribution in [0.15, 0.2) is 12.3 Å². The maximum atomic E-state index is 3.97. The standard InChI is InChI=1S/C20H41N/c1-4-6-7-8-9-10-11-12-13-14-15-16-17-18-19-21-20(3)5-2/h21H,3-19H2,1-2H3. The molecular formula is C20H41N. The Balaban J connectivity index is 2.98. The van der Waals surface area contributed by atoms with Gasteiger partial charge in [-0.15, -0.1) is 0 Å². The molecule has 0 aliphatic rings. The molecule has 0 unspecified atom stereocenters. The third kappa shape index (κ3) is 17.5. The summed E-state index contributed by atoms with van der Waals surface area (Å²) in [6.45, 7) is 9.52. The minimum atomic E-state index is 1.05. The van der Waals surface area contributed by atoms with Crippen LogP contribution in [0, 0.1) is 0 Å². The molecule has 0 rings (SSSR count). The van der Waals surface area contributed by atoms with Gasteiger partial charge in [-0.05, 0) is 12.8 Å². The van der Waals surface area contributed by atoms with Gasteiger partial charge >= 0.3 is 0 Å². The molecule has 21 heavy (non-hydrogen) atoms. The van der Waals surface area contributed by atoms with Crippen molar-refractivity contribution in [2.24, 2.45) is 0 Å². The second-order valence-corrected chi connectivity index (χ2v) is 6.48. The molecule has 0 heterocycles. The summed E-state index contributed by atoms with van der Waals surface area (Å²) in [5, 5.41) is 3.38. The van der Waals surface area contributed by atoms with Crippen molar-refractivity contribution < 1.29 is 0 Å². The summed E-state index contributed by atoms with van der Waals surface area (Å²) in [4.78, 5) is 0. The van der Waals surface area contributed by atoms with Gasteiger partial charge in [-0.3, -0.25) is 0 Å². The molecule has 126 valence electrons. The third-order valence-electron chi connectivity index (χ3n) is 4.33. The first-order valence-electron chi connectivity index (χ1n) is 9.72. The summed E-state index contributed by atoms with van der Waals surface area (Å²) >= 11 is 0. The first-order valence-corrected chi connectivity index (χ1v) is 9.72. The fourth-order valence-corrected chi connectivity index (χ4v) is 2.71. The fraction of sp³-hybridized carbons (Fsp3) is 0.900. The van der Waals surface area contributed by atoms with Crippen molar-refractivity contribution in [3.8, 4) is 0 Å². The van der Waals surface area contributed by atoms with Crippen LogP contribution in [0.1, 0.15) is 110 Å². The van der Waals surface area contributed by atoms with E-state index < -0.39 is 0 Å². The highest BCUT2D eigenvalue weighted by Gasteiger charge is 1.94. The Morgan fingerprint density at radius 3 is 1.38 bits per heavy atom. The van der Waals surface area contributed by atoms with Gasteiger partial charge in [0.15, 0.2) is 0 Å². The van der Waals surface area contributed by atoms with Crippen LogP contribution in [0.2, 0.25) is 0 Å². The van der Waals surface area contributed by atoms with Gasteiger partial charge in [0, 0.05) is 12.2 Å². The Labute approximate surface area is 135 Å². The Morgan fingerprint density at radius 1 is 0.619 bits per heavy atom. The van der Waals surface area contributed by atoms with Gasteiger partial charge in [0.25, 0.3) is 0 Å². The molecule has 0 saturated carbocycles. The average Bonchev–Trinajstić information content (AvgIpc) is 2.50. The number of allylic oxidation sites excluding steroid dienone is 1. The van der Waals surface area contributed by atoms with Gasteiger partial charge in [-0.1, -0.05) is 104 Å². The molecule has 0 aromatic rings. The Kier molecular flexibility index (Phi) is 17.2. The summed E-state index contributed by atoms with van der Waals surface area (Å²) in [5.74, 6) is 0. The summed E-state index contributed by atoms with van der Waals surface area (Å²) in [6.07, 6.45) is 21.1. The van der Waals surface area contributed by atoms with E-state index in [2.05, 4.69) is 25.7 Å². The molecule has 1 nitrogen and oxygen atoms in total. The van der Waals surface area contributed by atoms with Crippen molar-refractivity contribution in [3.63, 3.8) is 0 Å². The quantitative estimate of drug-likeness (QED) is 0.285. The number of rotatable bonds is 17. The molecule has 0 amide bonds. The molecular weight excluding hydrogens is 254 g/mol. The monoisotopic (exact) mass is 295 g/mol. The maximum absolute atomic E-state index is 3.97. The molecule has 1 N–H and O–H groups in total. The van der Waals surface area contributed by atoms with E-state index in [-0.39, 0.29) is 0 Å². The first kappa shape index (κ1) is 20.5. The average molecular weight is 296 g/mol. The second kappa shape index (κ2) is 17.6.